The predicted octanol–water partition coefficient (Wildman–Crippen LogP) is 13.8. The Morgan fingerprint density at radius 1 is 0.517 bits per heavy atom. The minimum atomic E-state index is -4.63. The first-order valence-electron chi connectivity index (χ1n) is 24.7. The maximum absolute atomic E-state index is 12.7. The second-order valence-corrected chi connectivity index (χ2v) is 19.2. The number of carbonyl (C=O) groups excluding carboxylic acids is 2. The number of ether oxygens (including phenoxy) is 2. The van der Waals surface area contributed by atoms with E-state index in [9.17, 15) is 19.0 Å². The Morgan fingerprint density at radius 3 is 1.37 bits per heavy atom. The van der Waals surface area contributed by atoms with Crippen LogP contribution in [-0.4, -0.2) is 70.0 Å². The monoisotopic (exact) mass is 868 g/mol. The van der Waals surface area contributed by atoms with E-state index in [0.717, 1.165) is 57.8 Å². The SMILES string of the molecule is CCCCC/C=C\C/C=C\CCCCCCCCCCCC(=O)OC[C@H](COP(=O)([O-])OCC[N+](C)(C)C)OC(=O)CCCCCCCCC/C=C\CCCCCCCC. The van der Waals surface area contributed by atoms with Crippen molar-refractivity contribution < 1.29 is 42.1 Å². The summed E-state index contributed by atoms with van der Waals surface area (Å²) in [7, 11) is 1.16. The van der Waals surface area contributed by atoms with Crippen LogP contribution in [0.4, 0.5) is 0 Å². The molecule has 0 aromatic heterocycles. The third-order valence-electron chi connectivity index (χ3n) is 10.6. The van der Waals surface area contributed by atoms with Crippen LogP contribution in [0.1, 0.15) is 219 Å². The van der Waals surface area contributed by atoms with Crippen LogP contribution in [0.2, 0.25) is 0 Å². The predicted molar refractivity (Wildman–Crippen MR) is 250 cm³/mol. The Morgan fingerprint density at radius 2 is 0.900 bits per heavy atom. The lowest BCUT2D eigenvalue weighted by Gasteiger charge is -2.28. The van der Waals surface area contributed by atoms with E-state index in [0.29, 0.717) is 17.4 Å². The standard InChI is InChI=1S/C50H94NO8P/c1-6-8-10-12-14-16-18-20-22-24-25-27-28-30-32-34-36-38-40-42-49(52)56-46-48(47-58-60(54,55)57-45-44-51(3,4)5)59-50(53)43-41-39-37-35-33-31-29-26-23-21-19-17-15-13-11-9-7-2/h14,16,20-23,48H,6-13,15,17-19,24-47H2,1-5H3/b16-14-,22-20-,23-21-/t48-/m1/s1. The molecule has 0 aliphatic carbocycles. The number of hydrogen-bond donors (Lipinski definition) is 0. The van der Waals surface area contributed by atoms with Crippen molar-refractivity contribution in [3.05, 3.63) is 36.5 Å². The highest BCUT2D eigenvalue weighted by molar-refractivity contribution is 7.45. The smallest absolute Gasteiger partial charge is 0.306 e. The van der Waals surface area contributed by atoms with E-state index < -0.39 is 26.5 Å². The summed E-state index contributed by atoms with van der Waals surface area (Å²) in [6, 6.07) is 0. The summed E-state index contributed by atoms with van der Waals surface area (Å²) in [6.07, 6.45) is 48.8. The summed E-state index contributed by atoms with van der Waals surface area (Å²) in [4.78, 5) is 37.7. The highest BCUT2D eigenvalue weighted by Gasteiger charge is 2.21. The maximum Gasteiger partial charge on any atom is 0.306 e. The third kappa shape index (κ3) is 45.7. The molecule has 0 aromatic carbocycles. The minimum absolute atomic E-state index is 0.0321. The lowest BCUT2D eigenvalue weighted by molar-refractivity contribution is -0.870. The fourth-order valence-corrected chi connectivity index (χ4v) is 7.47. The largest absolute Gasteiger partial charge is 0.756 e. The molecule has 0 saturated carbocycles. The summed E-state index contributed by atoms with van der Waals surface area (Å²) in [5, 5.41) is 0. The first-order chi connectivity index (χ1) is 29.0. The van der Waals surface area contributed by atoms with Gasteiger partial charge in [-0.3, -0.25) is 14.2 Å². The van der Waals surface area contributed by atoms with Crippen LogP contribution < -0.4 is 4.89 Å². The van der Waals surface area contributed by atoms with Crippen molar-refractivity contribution in [2.24, 2.45) is 0 Å². The molecule has 0 spiro atoms. The van der Waals surface area contributed by atoms with E-state index in [2.05, 4.69) is 50.3 Å². The highest BCUT2D eigenvalue weighted by Crippen LogP contribution is 2.38. The molecular formula is C50H94NO8P. The maximum atomic E-state index is 12.7. The van der Waals surface area contributed by atoms with E-state index in [1.54, 1.807) is 0 Å². The molecule has 0 saturated heterocycles. The number of nitrogens with zero attached hydrogens (tertiary/aromatic N) is 1. The zero-order valence-corrected chi connectivity index (χ0v) is 40.6. The Balaban J connectivity index is 4.28. The number of phosphoric acid groups is 1. The molecule has 60 heavy (non-hydrogen) atoms. The number of carbonyl (C=O) groups is 2. The van der Waals surface area contributed by atoms with Gasteiger partial charge in [-0.05, 0) is 70.6 Å². The summed E-state index contributed by atoms with van der Waals surface area (Å²) in [6.45, 7) is 4.21. The first kappa shape index (κ1) is 58.2. The topological polar surface area (TPSA) is 111 Å². The summed E-state index contributed by atoms with van der Waals surface area (Å²) >= 11 is 0. The average Bonchev–Trinajstić information content (AvgIpc) is 3.20. The van der Waals surface area contributed by atoms with Crippen molar-refractivity contribution >= 4 is 19.8 Å². The van der Waals surface area contributed by atoms with Crippen molar-refractivity contribution in [3.8, 4) is 0 Å². The van der Waals surface area contributed by atoms with Gasteiger partial charge in [-0.15, -0.1) is 0 Å². The van der Waals surface area contributed by atoms with Gasteiger partial charge < -0.3 is 27.9 Å². The molecule has 0 amide bonds. The second-order valence-electron chi connectivity index (χ2n) is 17.8. The molecule has 0 bridgehead atoms. The lowest BCUT2D eigenvalue weighted by atomic mass is 10.1. The molecular weight excluding hydrogens is 774 g/mol. The van der Waals surface area contributed by atoms with Crippen molar-refractivity contribution in [3.63, 3.8) is 0 Å². The summed E-state index contributed by atoms with van der Waals surface area (Å²) in [5.41, 5.74) is 0. The Labute approximate surface area is 370 Å². The van der Waals surface area contributed by atoms with Gasteiger partial charge in [-0.25, -0.2) is 0 Å². The number of allylic oxidation sites excluding steroid dienone is 6. The zero-order valence-electron chi connectivity index (χ0n) is 39.7. The van der Waals surface area contributed by atoms with E-state index in [-0.39, 0.29) is 32.0 Å². The van der Waals surface area contributed by atoms with Gasteiger partial charge in [0.2, 0.25) is 0 Å². The normalized spacial score (nSPS) is 13.8. The van der Waals surface area contributed by atoms with Crippen LogP contribution in [0, 0.1) is 0 Å². The first-order valence-corrected chi connectivity index (χ1v) is 26.2. The van der Waals surface area contributed by atoms with Crippen LogP contribution in [0.5, 0.6) is 0 Å². The van der Waals surface area contributed by atoms with Crippen LogP contribution in [0.25, 0.3) is 0 Å². The number of esters is 2. The molecule has 0 rings (SSSR count). The van der Waals surface area contributed by atoms with E-state index in [4.69, 9.17) is 18.5 Å². The van der Waals surface area contributed by atoms with Crippen molar-refractivity contribution in [2.75, 3.05) is 47.5 Å². The molecule has 0 heterocycles. The summed E-state index contributed by atoms with van der Waals surface area (Å²) < 4.78 is 34.0. The molecule has 0 radical (unpaired) electrons. The van der Waals surface area contributed by atoms with E-state index in [1.165, 1.54) is 128 Å². The van der Waals surface area contributed by atoms with Gasteiger partial charge in [0.1, 0.15) is 19.8 Å². The Bertz CT molecular complexity index is 1120. The van der Waals surface area contributed by atoms with Gasteiger partial charge in [0.05, 0.1) is 27.7 Å². The third-order valence-corrected chi connectivity index (χ3v) is 11.6. The Hall–Kier alpha value is -1.77. The van der Waals surface area contributed by atoms with Crippen molar-refractivity contribution in [2.45, 2.75) is 225 Å². The Kier molecular flexibility index (Phi) is 41.3. The lowest BCUT2D eigenvalue weighted by Crippen LogP contribution is -2.37. The molecule has 0 aliphatic rings. The molecule has 9 nitrogen and oxygen atoms in total. The van der Waals surface area contributed by atoms with Crippen LogP contribution >= 0.6 is 7.82 Å². The zero-order chi connectivity index (χ0) is 44.3. The fraction of sp³-hybridized carbons (Fsp3) is 0.840. The van der Waals surface area contributed by atoms with E-state index in [1.807, 2.05) is 21.1 Å². The summed E-state index contributed by atoms with van der Waals surface area (Å²) in [5.74, 6) is -0.839. The molecule has 0 aromatic rings. The number of hydrogen-bond acceptors (Lipinski definition) is 8. The quantitative estimate of drug-likeness (QED) is 0.0196. The molecule has 0 N–H and O–H groups in total. The molecule has 2 atom stereocenters. The van der Waals surface area contributed by atoms with Crippen molar-refractivity contribution in [1.29, 1.82) is 0 Å². The van der Waals surface area contributed by atoms with Gasteiger partial charge in [0.15, 0.2) is 6.10 Å². The number of rotatable bonds is 45. The van der Waals surface area contributed by atoms with Gasteiger partial charge in [-0.1, -0.05) is 172 Å². The van der Waals surface area contributed by atoms with Crippen LogP contribution in [0.3, 0.4) is 0 Å². The highest BCUT2D eigenvalue weighted by atomic mass is 31.2. The molecule has 0 fully saturated rings. The average molecular weight is 868 g/mol. The number of quaternary nitrogens is 1. The van der Waals surface area contributed by atoms with Crippen LogP contribution in [-0.2, 0) is 32.7 Å². The molecule has 10 heteroatoms. The number of likely N-dealkylation sites (N-methyl/N-ethyl adjacent to an activating group) is 1. The second kappa shape index (κ2) is 42.5. The molecule has 1 unspecified atom stereocenters. The van der Waals surface area contributed by atoms with Gasteiger partial charge in [-0.2, -0.15) is 0 Å². The van der Waals surface area contributed by atoms with E-state index >= 15 is 0 Å². The van der Waals surface area contributed by atoms with Gasteiger partial charge in [0, 0.05) is 12.8 Å². The molecule has 0 aliphatic heterocycles. The van der Waals surface area contributed by atoms with Crippen LogP contribution in [0.15, 0.2) is 36.5 Å². The van der Waals surface area contributed by atoms with Gasteiger partial charge in [0.25, 0.3) is 7.82 Å². The number of phosphoric ester groups is 1. The number of unbranched alkanes of at least 4 members (excludes halogenated alkanes) is 25. The minimum Gasteiger partial charge on any atom is -0.756 e. The molecule has 352 valence electrons. The van der Waals surface area contributed by atoms with Crippen molar-refractivity contribution in [1.82, 2.24) is 0 Å². The fourth-order valence-electron chi connectivity index (χ4n) is 6.74. The van der Waals surface area contributed by atoms with Gasteiger partial charge >= 0.3 is 11.9 Å².